The Balaban J connectivity index is 1.78. The molecule has 6 nitrogen and oxygen atoms in total. The molecule has 2 atom stereocenters. The molecule has 0 aliphatic heterocycles. The van der Waals surface area contributed by atoms with E-state index in [9.17, 15) is 19.5 Å². The Morgan fingerprint density at radius 1 is 0.943 bits per heavy atom. The van der Waals surface area contributed by atoms with Gasteiger partial charge in [0.15, 0.2) is 0 Å². The van der Waals surface area contributed by atoms with Crippen molar-refractivity contribution in [1.82, 2.24) is 4.90 Å². The fraction of sp³-hybridized carbons (Fsp3) is 0.690. The van der Waals surface area contributed by atoms with Gasteiger partial charge < -0.3 is 14.7 Å². The number of Topliss-reactive ketones (excluding diaryl/α,β-unsaturated/α-hetero) is 1. The van der Waals surface area contributed by atoms with Crippen LogP contribution in [0.5, 0.6) is 5.75 Å². The predicted octanol–water partition coefficient (Wildman–Crippen LogP) is 6.01. The molecule has 0 heterocycles. The summed E-state index contributed by atoms with van der Waals surface area (Å²) in [6.07, 6.45) is 13.5. The van der Waals surface area contributed by atoms with Crippen LogP contribution >= 0.6 is 0 Å². The first-order chi connectivity index (χ1) is 16.9. The highest BCUT2D eigenvalue weighted by Crippen LogP contribution is 2.33. The minimum absolute atomic E-state index is 0.00321. The van der Waals surface area contributed by atoms with Gasteiger partial charge in [0.25, 0.3) is 0 Å². The highest BCUT2D eigenvalue weighted by Gasteiger charge is 2.36. The third-order valence-corrected chi connectivity index (χ3v) is 8.12. The molecule has 0 aromatic heterocycles. The summed E-state index contributed by atoms with van der Waals surface area (Å²) < 4.78 is 5.22. The van der Waals surface area contributed by atoms with Gasteiger partial charge in [0.1, 0.15) is 17.6 Å². The van der Waals surface area contributed by atoms with E-state index < -0.39 is 17.9 Å². The molecule has 0 bridgehead atoms. The molecule has 194 valence electrons. The number of ketones is 1. The van der Waals surface area contributed by atoms with E-state index in [1.165, 1.54) is 50.3 Å². The minimum atomic E-state index is -1.06. The van der Waals surface area contributed by atoms with Crippen LogP contribution in [-0.2, 0) is 20.9 Å². The number of methoxy groups -OCH3 is 1. The van der Waals surface area contributed by atoms with Crippen LogP contribution in [0, 0.1) is 17.8 Å². The molecule has 2 saturated carbocycles. The zero-order valence-corrected chi connectivity index (χ0v) is 21.5. The number of rotatable bonds is 12. The number of hydrogen-bond acceptors (Lipinski definition) is 4. The Morgan fingerprint density at radius 3 is 2.06 bits per heavy atom. The number of amides is 1. The van der Waals surface area contributed by atoms with Gasteiger partial charge >= 0.3 is 5.97 Å². The zero-order valence-electron chi connectivity index (χ0n) is 21.5. The van der Waals surface area contributed by atoms with E-state index in [2.05, 4.69) is 0 Å². The summed E-state index contributed by atoms with van der Waals surface area (Å²) in [5.41, 5.74) is 0.818. The SMILES string of the molecule is COc1ccc(CN(C(=O)C(CC2CCCCC2)C(=O)CCC2CCCCC2)C(C)C(=O)O)cc1. The van der Waals surface area contributed by atoms with Gasteiger partial charge in [-0.1, -0.05) is 76.3 Å². The van der Waals surface area contributed by atoms with Crippen molar-refractivity contribution in [1.29, 1.82) is 0 Å². The molecular formula is C29H43NO5. The van der Waals surface area contributed by atoms with Crippen LogP contribution in [0.4, 0.5) is 0 Å². The van der Waals surface area contributed by atoms with Crippen molar-refractivity contribution < 1.29 is 24.2 Å². The summed E-state index contributed by atoms with van der Waals surface area (Å²) >= 11 is 0. The van der Waals surface area contributed by atoms with Gasteiger partial charge in [-0.15, -0.1) is 0 Å². The van der Waals surface area contributed by atoms with Crippen LogP contribution in [0.1, 0.15) is 96.0 Å². The smallest absolute Gasteiger partial charge is 0.326 e. The first kappa shape index (κ1) is 27.2. The Bertz CT molecular complexity index is 824. The van der Waals surface area contributed by atoms with Gasteiger partial charge in [-0.05, 0) is 49.3 Å². The predicted molar refractivity (Wildman–Crippen MR) is 136 cm³/mol. The summed E-state index contributed by atoms with van der Waals surface area (Å²) in [6.45, 7) is 1.70. The third kappa shape index (κ3) is 8.08. The summed E-state index contributed by atoms with van der Waals surface area (Å²) in [6, 6.07) is 6.28. The number of carboxylic acid groups (broad SMARTS) is 1. The molecule has 3 rings (SSSR count). The first-order valence-corrected chi connectivity index (χ1v) is 13.6. The van der Waals surface area contributed by atoms with Crippen LogP contribution in [0.2, 0.25) is 0 Å². The highest BCUT2D eigenvalue weighted by molar-refractivity contribution is 6.02. The van der Waals surface area contributed by atoms with Gasteiger partial charge in [-0.25, -0.2) is 4.79 Å². The molecule has 1 aromatic rings. The molecule has 1 amide bonds. The van der Waals surface area contributed by atoms with E-state index in [0.717, 1.165) is 37.7 Å². The van der Waals surface area contributed by atoms with Gasteiger partial charge in [-0.2, -0.15) is 0 Å². The standard InChI is InChI=1S/C29H43NO5/c1-21(29(33)34)30(20-24-13-16-25(35-2)17-14-24)28(32)26(19-23-11-7-4-8-12-23)27(31)18-15-22-9-5-3-6-10-22/h13-14,16-17,21-23,26H,3-12,15,18-20H2,1-2H3,(H,33,34). The van der Waals surface area contributed by atoms with E-state index in [4.69, 9.17) is 4.74 Å². The largest absolute Gasteiger partial charge is 0.497 e. The van der Waals surface area contributed by atoms with Crippen molar-refractivity contribution in [2.24, 2.45) is 17.8 Å². The average Bonchev–Trinajstić information content (AvgIpc) is 2.89. The molecule has 2 unspecified atom stereocenters. The fourth-order valence-electron chi connectivity index (χ4n) is 5.79. The van der Waals surface area contributed by atoms with Gasteiger partial charge in [-0.3, -0.25) is 9.59 Å². The molecule has 2 aliphatic carbocycles. The Morgan fingerprint density at radius 2 is 1.51 bits per heavy atom. The van der Waals surface area contributed by atoms with Gasteiger partial charge in [0.05, 0.1) is 13.0 Å². The lowest BCUT2D eigenvalue weighted by Crippen LogP contribution is -2.47. The third-order valence-electron chi connectivity index (χ3n) is 8.12. The maximum Gasteiger partial charge on any atom is 0.326 e. The van der Waals surface area contributed by atoms with E-state index in [1.54, 1.807) is 19.2 Å². The van der Waals surface area contributed by atoms with E-state index in [0.29, 0.717) is 30.4 Å². The van der Waals surface area contributed by atoms with Gasteiger partial charge in [0.2, 0.25) is 5.91 Å². The summed E-state index contributed by atoms with van der Waals surface area (Å²) in [5, 5.41) is 9.78. The Hall–Kier alpha value is -2.37. The molecular weight excluding hydrogens is 442 g/mol. The average molecular weight is 486 g/mol. The van der Waals surface area contributed by atoms with E-state index in [-0.39, 0.29) is 18.2 Å². The highest BCUT2D eigenvalue weighted by atomic mass is 16.5. The zero-order chi connectivity index (χ0) is 25.2. The van der Waals surface area contributed by atoms with Crippen molar-refractivity contribution in [3.63, 3.8) is 0 Å². The minimum Gasteiger partial charge on any atom is -0.497 e. The topological polar surface area (TPSA) is 83.9 Å². The van der Waals surface area contributed by atoms with Crippen LogP contribution in [-0.4, -0.2) is 40.8 Å². The molecule has 0 spiro atoms. The van der Waals surface area contributed by atoms with Crippen molar-refractivity contribution in [2.75, 3.05) is 7.11 Å². The number of carboxylic acids is 1. The van der Waals surface area contributed by atoms with Crippen molar-refractivity contribution in [2.45, 2.75) is 103 Å². The normalized spacial score (nSPS) is 19.0. The summed E-state index contributed by atoms with van der Waals surface area (Å²) in [7, 11) is 1.59. The second-order valence-corrected chi connectivity index (χ2v) is 10.6. The van der Waals surface area contributed by atoms with Gasteiger partial charge in [0, 0.05) is 13.0 Å². The number of carbonyl (C=O) groups excluding carboxylic acids is 2. The summed E-state index contributed by atoms with van der Waals surface area (Å²) in [4.78, 5) is 40.8. The number of benzene rings is 1. The number of ether oxygens (including phenoxy) is 1. The van der Waals surface area contributed by atoms with Crippen LogP contribution in [0.3, 0.4) is 0 Å². The number of carbonyl (C=O) groups is 3. The second kappa shape index (κ2) is 13.6. The lowest BCUT2D eigenvalue weighted by molar-refractivity contribution is -0.154. The summed E-state index contributed by atoms with van der Waals surface area (Å²) in [5.74, 6) is -0.491. The maximum absolute atomic E-state index is 13.9. The Kier molecular flexibility index (Phi) is 10.6. The molecule has 1 N–H and O–H groups in total. The lowest BCUT2D eigenvalue weighted by atomic mass is 9.79. The number of nitrogens with zero attached hydrogens (tertiary/aromatic N) is 1. The molecule has 1 aromatic carbocycles. The quantitative estimate of drug-likeness (QED) is 0.366. The van der Waals surface area contributed by atoms with Crippen LogP contribution in [0.25, 0.3) is 0 Å². The van der Waals surface area contributed by atoms with E-state index >= 15 is 0 Å². The van der Waals surface area contributed by atoms with E-state index in [1.807, 2.05) is 12.1 Å². The van der Waals surface area contributed by atoms with Crippen LogP contribution in [0.15, 0.2) is 24.3 Å². The molecule has 0 saturated heterocycles. The monoisotopic (exact) mass is 485 g/mol. The van der Waals surface area contributed by atoms with Crippen molar-refractivity contribution in [3.05, 3.63) is 29.8 Å². The molecule has 6 heteroatoms. The Labute approximate surface area is 210 Å². The second-order valence-electron chi connectivity index (χ2n) is 10.6. The lowest BCUT2D eigenvalue weighted by Gasteiger charge is -2.32. The molecule has 35 heavy (non-hydrogen) atoms. The number of hydrogen-bond donors (Lipinski definition) is 1. The van der Waals surface area contributed by atoms with Crippen molar-refractivity contribution in [3.8, 4) is 5.75 Å². The maximum atomic E-state index is 13.9. The molecule has 2 fully saturated rings. The van der Waals surface area contributed by atoms with Crippen molar-refractivity contribution >= 4 is 17.7 Å². The van der Waals surface area contributed by atoms with Crippen LogP contribution < -0.4 is 4.74 Å². The fourth-order valence-corrected chi connectivity index (χ4v) is 5.79. The molecule has 2 aliphatic rings. The number of aliphatic carboxylic acids is 1. The first-order valence-electron chi connectivity index (χ1n) is 13.6. The molecule has 0 radical (unpaired) electrons.